The minimum absolute atomic E-state index is 0.230. The Bertz CT molecular complexity index is 987. The quantitative estimate of drug-likeness (QED) is 0.789. The molecule has 0 unspecified atom stereocenters. The highest BCUT2D eigenvalue weighted by atomic mass is 16.6. The largest absolute Gasteiger partial charge is 0.481 e. The van der Waals surface area contributed by atoms with Crippen molar-refractivity contribution in [3.8, 4) is 0 Å². The molecule has 0 atom stereocenters. The van der Waals surface area contributed by atoms with Crippen LogP contribution in [0, 0.1) is 0 Å². The van der Waals surface area contributed by atoms with Gasteiger partial charge in [0.25, 0.3) is 5.56 Å². The lowest BCUT2D eigenvalue weighted by Gasteiger charge is -2.35. The van der Waals surface area contributed by atoms with Gasteiger partial charge in [0, 0.05) is 38.1 Å². The highest BCUT2D eigenvalue weighted by Crippen LogP contribution is 2.14. The summed E-state index contributed by atoms with van der Waals surface area (Å²) in [6.07, 6.45) is -0.553. The maximum absolute atomic E-state index is 12.8. The third kappa shape index (κ3) is 5.35. The zero-order valence-corrected chi connectivity index (χ0v) is 17.6. The summed E-state index contributed by atoms with van der Waals surface area (Å²) in [6.45, 7) is 8.91. The molecule has 9 nitrogen and oxygen atoms in total. The van der Waals surface area contributed by atoms with Crippen molar-refractivity contribution in [2.45, 2.75) is 39.3 Å². The van der Waals surface area contributed by atoms with E-state index in [4.69, 9.17) is 4.74 Å². The van der Waals surface area contributed by atoms with Gasteiger partial charge in [0.2, 0.25) is 0 Å². The van der Waals surface area contributed by atoms with Crippen LogP contribution in [0.1, 0.15) is 26.5 Å². The summed E-state index contributed by atoms with van der Waals surface area (Å²) in [5.74, 6) is -0.990. The minimum atomic E-state index is -0.990. The van der Waals surface area contributed by atoms with Crippen LogP contribution in [0.5, 0.6) is 0 Å². The van der Waals surface area contributed by atoms with Crippen molar-refractivity contribution >= 4 is 22.8 Å². The Balaban J connectivity index is 1.65. The second-order valence-electron chi connectivity index (χ2n) is 8.40. The molecule has 2 heterocycles. The van der Waals surface area contributed by atoms with Crippen molar-refractivity contribution in [3.05, 3.63) is 40.3 Å². The first-order valence-electron chi connectivity index (χ1n) is 10.0. The van der Waals surface area contributed by atoms with E-state index in [2.05, 4.69) is 10.00 Å². The van der Waals surface area contributed by atoms with Crippen LogP contribution >= 0.6 is 0 Å². The number of piperazine rings is 1. The molecule has 1 aliphatic rings. The van der Waals surface area contributed by atoms with Gasteiger partial charge in [-0.05, 0) is 26.8 Å². The molecule has 1 aliphatic heterocycles. The SMILES string of the molecule is CC(C)(C)OC(=O)N1CCN(CCn2nc(CC(=O)O)c3ccccc3c2=O)CC1. The lowest BCUT2D eigenvalue weighted by atomic mass is 10.1. The zero-order chi connectivity index (χ0) is 21.9. The van der Waals surface area contributed by atoms with Gasteiger partial charge in [-0.3, -0.25) is 14.5 Å². The number of ether oxygens (including phenoxy) is 1. The molecule has 2 aromatic rings. The number of carbonyl (C=O) groups excluding carboxylic acids is 1. The molecule has 0 saturated carbocycles. The number of benzene rings is 1. The number of rotatable bonds is 5. The molecule has 9 heteroatoms. The summed E-state index contributed by atoms with van der Waals surface area (Å²) in [5.41, 5.74) is -0.371. The number of carbonyl (C=O) groups is 2. The molecule has 0 aliphatic carbocycles. The van der Waals surface area contributed by atoms with Gasteiger partial charge in [-0.25, -0.2) is 9.48 Å². The van der Waals surface area contributed by atoms with E-state index in [0.29, 0.717) is 55.7 Å². The predicted octanol–water partition coefficient (Wildman–Crippen LogP) is 1.58. The second kappa shape index (κ2) is 8.83. The van der Waals surface area contributed by atoms with Crippen molar-refractivity contribution in [2.24, 2.45) is 0 Å². The number of fused-ring (bicyclic) bond motifs is 1. The van der Waals surface area contributed by atoms with Gasteiger partial charge in [0.1, 0.15) is 5.60 Å². The topological polar surface area (TPSA) is 105 Å². The summed E-state index contributed by atoms with van der Waals surface area (Å²) in [4.78, 5) is 40.0. The summed E-state index contributed by atoms with van der Waals surface area (Å²) >= 11 is 0. The van der Waals surface area contributed by atoms with E-state index in [1.54, 1.807) is 29.2 Å². The van der Waals surface area contributed by atoms with Gasteiger partial charge in [-0.1, -0.05) is 18.2 Å². The van der Waals surface area contributed by atoms with E-state index in [1.807, 2.05) is 20.8 Å². The van der Waals surface area contributed by atoms with Crippen molar-refractivity contribution in [2.75, 3.05) is 32.7 Å². The van der Waals surface area contributed by atoms with Gasteiger partial charge in [0.15, 0.2) is 0 Å². The van der Waals surface area contributed by atoms with Crippen LogP contribution in [0.2, 0.25) is 0 Å². The normalized spacial score (nSPS) is 15.4. The molecule has 3 rings (SSSR count). The van der Waals surface area contributed by atoms with E-state index in [1.165, 1.54) is 4.68 Å². The first-order valence-corrected chi connectivity index (χ1v) is 10.0. The lowest BCUT2D eigenvalue weighted by molar-refractivity contribution is -0.136. The number of aliphatic carboxylic acids is 1. The van der Waals surface area contributed by atoms with Crippen LogP contribution < -0.4 is 5.56 Å². The fourth-order valence-corrected chi connectivity index (χ4v) is 3.45. The molecule has 1 saturated heterocycles. The number of hydrogen-bond donors (Lipinski definition) is 1. The van der Waals surface area contributed by atoms with E-state index in [0.717, 1.165) is 0 Å². The number of aromatic nitrogens is 2. The van der Waals surface area contributed by atoms with Gasteiger partial charge >= 0.3 is 12.1 Å². The molecular weight excluding hydrogens is 388 g/mol. The molecule has 0 spiro atoms. The number of carboxylic acid groups (broad SMARTS) is 1. The Kier molecular flexibility index (Phi) is 6.40. The van der Waals surface area contributed by atoms with Gasteiger partial charge in [-0.2, -0.15) is 5.10 Å². The Hall–Kier alpha value is -2.94. The van der Waals surface area contributed by atoms with E-state index in [-0.39, 0.29) is 18.1 Å². The van der Waals surface area contributed by atoms with Gasteiger partial charge in [-0.15, -0.1) is 0 Å². The van der Waals surface area contributed by atoms with E-state index in [9.17, 15) is 19.5 Å². The van der Waals surface area contributed by atoms with Crippen LogP contribution in [0.15, 0.2) is 29.1 Å². The molecule has 162 valence electrons. The molecule has 1 N–H and O–H groups in total. The van der Waals surface area contributed by atoms with Crippen LogP contribution in [0.25, 0.3) is 10.8 Å². The number of nitrogens with zero attached hydrogens (tertiary/aromatic N) is 4. The summed E-state index contributed by atoms with van der Waals surface area (Å²) < 4.78 is 6.76. The molecule has 0 radical (unpaired) electrons. The summed E-state index contributed by atoms with van der Waals surface area (Å²) in [5, 5.41) is 14.5. The Morgan fingerprint density at radius 1 is 1.07 bits per heavy atom. The standard InChI is InChI=1S/C21H28N4O5/c1-21(2,3)30-20(29)24-11-8-23(9-12-24)10-13-25-19(28)16-7-5-4-6-15(16)17(22-25)14-18(26)27/h4-7H,8-14H2,1-3H3,(H,26,27). The fourth-order valence-electron chi connectivity index (χ4n) is 3.45. The van der Waals surface area contributed by atoms with Crippen molar-refractivity contribution < 1.29 is 19.4 Å². The zero-order valence-electron chi connectivity index (χ0n) is 17.6. The fraction of sp³-hybridized carbons (Fsp3) is 0.524. The van der Waals surface area contributed by atoms with Crippen LogP contribution in [0.3, 0.4) is 0 Å². The highest BCUT2D eigenvalue weighted by Gasteiger charge is 2.25. The lowest BCUT2D eigenvalue weighted by Crippen LogP contribution is -2.50. The molecule has 1 aromatic heterocycles. The average molecular weight is 416 g/mol. The van der Waals surface area contributed by atoms with Crippen molar-refractivity contribution in [1.29, 1.82) is 0 Å². The van der Waals surface area contributed by atoms with E-state index >= 15 is 0 Å². The van der Waals surface area contributed by atoms with Crippen LogP contribution in [0.4, 0.5) is 4.79 Å². The predicted molar refractivity (Wildman–Crippen MR) is 112 cm³/mol. The van der Waals surface area contributed by atoms with Crippen LogP contribution in [-0.4, -0.2) is 75.1 Å². The van der Waals surface area contributed by atoms with Gasteiger partial charge < -0.3 is 14.7 Å². The maximum atomic E-state index is 12.8. The third-order valence-electron chi connectivity index (χ3n) is 4.91. The average Bonchev–Trinajstić information content (AvgIpc) is 2.68. The van der Waals surface area contributed by atoms with Crippen molar-refractivity contribution in [3.63, 3.8) is 0 Å². The molecule has 1 aromatic carbocycles. The minimum Gasteiger partial charge on any atom is -0.481 e. The second-order valence-corrected chi connectivity index (χ2v) is 8.40. The molecule has 0 bridgehead atoms. The first-order chi connectivity index (χ1) is 14.1. The Morgan fingerprint density at radius 2 is 1.70 bits per heavy atom. The number of amides is 1. The van der Waals surface area contributed by atoms with Gasteiger partial charge in [0.05, 0.1) is 24.0 Å². The Morgan fingerprint density at radius 3 is 2.30 bits per heavy atom. The summed E-state index contributed by atoms with van der Waals surface area (Å²) in [6, 6.07) is 6.95. The monoisotopic (exact) mass is 416 g/mol. The molecular formula is C21H28N4O5. The number of carboxylic acids is 1. The first kappa shape index (κ1) is 21.8. The molecule has 30 heavy (non-hydrogen) atoms. The summed E-state index contributed by atoms with van der Waals surface area (Å²) in [7, 11) is 0. The maximum Gasteiger partial charge on any atom is 0.410 e. The number of hydrogen-bond acceptors (Lipinski definition) is 6. The van der Waals surface area contributed by atoms with E-state index < -0.39 is 11.6 Å². The third-order valence-corrected chi connectivity index (χ3v) is 4.91. The highest BCUT2D eigenvalue weighted by molar-refractivity contribution is 5.86. The Labute approximate surface area is 174 Å². The molecule has 1 fully saturated rings. The van der Waals surface area contributed by atoms with Crippen LogP contribution in [-0.2, 0) is 22.5 Å². The molecule has 1 amide bonds. The smallest absolute Gasteiger partial charge is 0.410 e. The van der Waals surface area contributed by atoms with Crippen molar-refractivity contribution in [1.82, 2.24) is 19.6 Å².